The molecule has 17 heavy (non-hydrogen) atoms. The summed E-state index contributed by atoms with van der Waals surface area (Å²) in [5.74, 6) is 0.170. The lowest BCUT2D eigenvalue weighted by molar-refractivity contribution is -0.0459. The molecule has 0 bridgehead atoms. The van der Waals surface area contributed by atoms with E-state index in [1.165, 1.54) is 10.8 Å². The standard InChI is InChI=1S/C9H12IN3O4/c10-4-2-13(9(16)12-8(4)11)7-1-5(15)6(3-14)17-7/h2,5-7,14-15H,1,3H2,(H2,11,12,16)/t5-,6-,7-/m0/s1. The Bertz CT molecular complexity index is 478. The first-order valence-corrected chi connectivity index (χ1v) is 6.09. The Kier molecular flexibility index (Phi) is 3.66. The Hall–Kier alpha value is -0.710. The second kappa shape index (κ2) is 4.88. The van der Waals surface area contributed by atoms with Gasteiger partial charge in [-0.15, -0.1) is 0 Å². The molecule has 0 aliphatic carbocycles. The van der Waals surface area contributed by atoms with Crippen LogP contribution in [0.3, 0.4) is 0 Å². The van der Waals surface area contributed by atoms with E-state index in [4.69, 9.17) is 15.6 Å². The fourth-order valence-corrected chi connectivity index (χ4v) is 2.13. The zero-order valence-electron chi connectivity index (χ0n) is 8.78. The summed E-state index contributed by atoms with van der Waals surface area (Å²) in [7, 11) is 0. The lowest BCUT2D eigenvalue weighted by atomic mass is 10.2. The number of hydrogen-bond acceptors (Lipinski definition) is 6. The molecule has 0 amide bonds. The van der Waals surface area contributed by atoms with Gasteiger partial charge in [0.1, 0.15) is 18.1 Å². The Morgan fingerprint density at radius 2 is 2.41 bits per heavy atom. The number of aromatic nitrogens is 2. The highest BCUT2D eigenvalue weighted by molar-refractivity contribution is 14.1. The third-order valence-electron chi connectivity index (χ3n) is 2.63. The Morgan fingerprint density at radius 3 is 3.00 bits per heavy atom. The first-order chi connectivity index (χ1) is 8.02. The SMILES string of the molecule is Nc1nc(=O)n([C@@H]2C[C@H](O)[C@H](CO)O2)cc1I. The molecule has 2 rings (SSSR count). The molecule has 1 aromatic rings. The van der Waals surface area contributed by atoms with Crippen LogP contribution in [0.1, 0.15) is 12.6 Å². The molecule has 3 atom stereocenters. The fraction of sp³-hybridized carbons (Fsp3) is 0.556. The topological polar surface area (TPSA) is 111 Å². The largest absolute Gasteiger partial charge is 0.394 e. The van der Waals surface area contributed by atoms with Gasteiger partial charge in [-0.3, -0.25) is 4.57 Å². The van der Waals surface area contributed by atoms with Crippen molar-refractivity contribution in [2.45, 2.75) is 24.9 Å². The van der Waals surface area contributed by atoms with Crippen LogP contribution in [0.5, 0.6) is 0 Å². The zero-order chi connectivity index (χ0) is 12.6. The van der Waals surface area contributed by atoms with E-state index in [0.717, 1.165) is 0 Å². The molecule has 1 fully saturated rings. The lowest BCUT2D eigenvalue weighted by Crippen LogP contribution is -2.28. The summed E-state index contributed by atoms with van der Waals surface area (Å²) in [4.78, 5) is 15.3. The van der Waals surface area contributed by atoms with Crippen LogP contribution in [0.2, 0.25) is 0 Å². The summed E-state index contributed by atoms with van der Waals surface area (Å²) in [5, 5.41) is 18.5. The van der Waals surface area contributed by atoms with E-state index >= 15 is 0 Å². The van der Waals surface area contributed by atoms with Gasteiger partial charge in [0.25, 0.3) is 0 Å². The maximum absolute atomic E-state index is 11.6. The number of anilines is 1. The van der Waals surface area contributed by atoms with Gasteiger partial charge < -0.3 is 20.7 Å². The van der Waals surface area contributed by atoms with Gasteiger partial charge in [-0.05, 0) is 22.6 Å². The molecule has 94 valence electrons. The maximum Gasteiger partial charge on any atom is 0.351 e. The minimum atomic E-state index is -0.785. The molecular weight excluding hydrogens is 341 g/mol. The highest BCUT2D eigenvalue weighted by Gasteiger charge is 2.35. The third kappa shape index (κ3) is 2.44. The van der Waals surface area contributed by atoms with E-state index in [9.17, 15) is 9.90 Å². The minimum Gasteiger partial charge on any atom is -0.394 e. The molecule has 4 N–H and O–H groups in total. The van der Waals surface area contributed by atoms with E-state index in [0.29, 0.717) is 3.57 Å². The first kappa shape index (κ1) is 12.7. The Balaban J connectivity index is 2.30. The van der Waals surface area contributed by atoms with Crippen LogP contribution in [0.15, 0.2) is 11.0 Å². The number of halogens is 1. The number of aliphatic hydroxyl groups is 2. The molecule has 1 aliphatic heterocycles. The van der Waals surface area contributed by atoms with E-state index in [1.54, 1.807) is 0 Å². The van der Waals surface area contributed by atoms with Crippen molar-refractivity contribution in [2.75, 3.05) is 12.3 Å². The van der Waals surface area contributed by atoms with Crippen LogP contribution in [-0.4, -0.2) is 38.6 Å². The van der Waals surface area contributed by atoms with Gasteiger partial charge in [0, 0.05) is 12.6 Å². The number of nitrogen functional groups attached to an aromatic ring is 1. The molecule has 1 aliphatic rings. The van der Waals surface area contributed by atoms with Gasteiger partial charge >= 0.3 is 5.69 Å². The van der Waals surface area contributed by atoms with Gasteiger partial charge in [0.2, 0.25) is 0 Å². The number of hydrogen-bond donors (Lipinski definition) is 3. The smallest absolute Gasteiger partial charge is 0.351 e. The van der Waals surface area contributed by atoms with Crippen molar-refractivity contribution in [1.82, 2.24) is 9.55 Å². The fourth-order valence-electron chi connectivity index (χ4n) is 1.71. The summed E-state index contributed by atoms with van der Waals surface area (Å²) < 4.78 is 7.27. The predicted molar refractivity (Wildman–Crippen MR) is 67.2 cm³/mol. The molecule has 0 saturated carbocycles. The number of rotatable bonds is 2. The van der Waals surface area contributed by atoms with Crippen molar-refractivity contribution < 1.29 is 14.9 Å². The lowest BCUT2D eigenvalue weighted by Gasteiger charge is -2.14. The second-order valence-corrected chi connectivity index (χ2v) is 4.94. The first-order valence-electron chi connectivity index (χ1n) is 5.01. The second-order valence-electron chi connectivity index (χ2n) is 3.78. The van der Waals surface area contributed by atoms with Crippen molar-refractivity contribution in [3.05, 3.63) is 20.3 Å². The maximum atomic E-state index is 11.6. The monoisotopic (exact) mass is 353 g/mol. The molecule has 0 radical (unpaired) electrons. The molecule has 1 aromatic heterocycles. The summed E-state index contributed by atoms with van der Waals surface area (Å²) in [6.07, 6.45) is -0.291. The zero-order valence-corrected chi connectivity index (χ0v) is 10.9. The summed E-state index contributed by atoms with van der Waals surface area (Å²) in [6, 6.07) is 0. The third-order valence-corrected chi connectivity index (χ3v) is 3.46. The minimum absolute atomic E-state index is 0.170. The summed E-state index contributed by atoms with van der Waals surface area (Å²) in [6.45, 7) is -0.286. The van der Waals surface area contributed by atoms with Crippen LogP contribution in [-0.2, 0) is 4.74 Å². The quantitative estimate of drug-likeness (QED) is 0.593. The van der Waals surface area contributed by atoms with Gasteiger partial charge in [-0.1, -0.05) is 0 Å². The molecule has 0 unspecified atom stereocenters. The normalized spacial score (nSPS) is 28.5. The summed E-state index contributed by atoms with van der Waals surface area (Å²) in [5.41, 5.74) is 4.98. The van der Waals surface area contributed by atoms with Gasteiger partial charge in [-0.25, -0.2) is 4.79 Å². The molecule has 2 heterocycles. The van der Waals surface area contributed by atoms with E-state index < -0.39 is 24.1 Å². The van der Waals surface area contributed by atoms with Crippen LogP contribution in [0.25, 0.3) is 0 Å². The van der Waals surface area contributed by atoms with Crippen LogP contribution in [0.4, 0.5) is 5.82 Å². The van der Waals surface area contributed by atoms with Crippen molar-refractivity contribution in [2.24, 2.45) is 0 Å². The molecular formula is C9H12IN3O4. The van der Waals surface area contributed by atoms with E-state index in [2.05, 4.69) is 4.98 Å². The molecule has 1 saturated heterocycles. The van der Waals surface area contributed by atoms with E-state index in [1.807, 2.05) is 22.6 Å². The van der Waals surface area contributed by atoms with E-state index in [-0.39, 0.29) is 18.8 Å². The van der Waals surface area contributed by atoms with Crippen LogP contribution < -0.4 is 11.4 Å². The molecule has 0 spiro atoms. The van der Waals surface area contributed by atoms with Crippen LogP contribution >= 0.6 is 22.6 Å². The number of nitrogens with two attached hydrogens (primary N) is 1. The Morgan fingerprint density at radius 1 is 1.71 bits per heavy atom. The number of nitrogens with zero attached hydrogens (tertiary/aromatic N) is 2. The molecule has 7 nitrogen and oxygen atoms in total. The van der Waals surface area contributed by atoms with Crippen molar-refractivity contribution in [3.8, 4) is 0 Å². The number of aliphatic hydroxyl groups excluding tert-OH is 2. The van der Waals surface area contributed by atoms with Gasteiger partial charge in [0.05, 0.1) is 16.3 Å². The van der Waals surface area contributed by atoms with Crippen molar-refractivity contribution in [1.29, 1.82) is 0 Å². The van der Waals surface area contributed by atoms with Gasteiger partial charge in [0.15, 0.2) is 0 Å². The highest BCUT2D eigenvalue weighted by atomic mass is 127. The van der Waals surface area contributed by atoms with Crippen molar-refractivity contribution in [3.63, 3.8) is 0 Å². The Labute approximate surface area is 110 Å². The average Bonchev–Trinajstić information content (AvgIpc) is 2.65. The predicted octanol–water partition coefficient (Wildman–Crippen LogP) is -0.929. The highest BCUT2D eigenvalue weighted by Crippen LogP contribution is 2.27. The summed E-state index contributed by atoms with van der Waals surface area (Å²) >= 11 is 1.96. The van der Waals surface area contributed by atoms with Crippen molar-refractivity contribution >= 4 is 28.4 Å². The van der Waals surface area contributed by atoms with Gasteiger partial charge in [-0.2, -0.15) is 4.98 Å². The molecule has 0 aromatic carbocycles. The average molecular weight is 353 g/mol. The number of ether oxygens (including phenoxy) is 1. The van der Waals surface area contributed by atoms with Crippen LogP contribution in [0, 0.1) is 3.57 Å². The molecule has 8 heteroatoms.